The molecule has 0 aliphatic carbocycles. The van der Waals surface area contributed by atoms with Crippen molar-refractivity contribution in [3.63, 3.8) is 0 Å². The number of hydrogen-bond donors (Lipinski definition) is 3. The minimum absolute atomic E-state index is 0.0216. The average Bonchev–Trinajstić information content (AvgIpc) is 3.11. The second kappa shape index (κ2) is 9.17. The SMILES string of the molecule is Cc1cc(OCC(=O)NC(N)=O)ccc1Nc1ccc(-n2sc3ccccc3c2=O)cc1C. The summed E-state index contributed by atoms with van der Waals surface area (Å²) in [6, 6.07) is 17.9. The number of primary amides is 1. The highest BCUT2D eigenvalue weighted by Crippen LogP contribution is 2.28. The van der Waals surface area contributed by atoms with Gasteiger partial charge in [-0.25, -0.2) is 8.75 Å². The van der Waals surface area contributed by atoms with E-state index >= 15 is 0 Å². The van der Waals surface area contributed by atoms with Gasteiger partial charge < -0.3 is 15.8 Å². The lowest BCUT2D eigenvalue weighted by Crippen LogP contribution is -2.38. The lowest BCUT2D eigenvalue weighted by molar-refractivity contribution is -0.121. The topological polar surface area (TPSA) is 115 Å². The fourth-order valence-electron chi connectivity index (χ4n) is 3.39. The average molecular weight is 463 g/mol. The molecular weight excluding hydrogens is 440 g/mol. The number of nitrogens with one attached hydrogen (secondary N) is 2. The van der Waals surface area contributed by atoms with Crippen LogP contribution in [0.1, 0.15) is 11.1 Å². The molecule has 33 heavy (non-hydrogen) atoms. The molecule has 0 radical (unpaired) electrons. The number of ether oxygens (including phenoxy) is 1. The summed E-state index contributed by atoms with van der Waals surface area (Å²) in [6.07, 6.45) is 0. The Kier molecular flexibility index (Phi) is 6.14. The predicted molar refractivity (Wildman–Crippen MR) is 130 cm³/mol. The van der Waals surface area contributed by atoms with E-state index < -0.39 is 11.9 Å². The van der Waals surface area contributed by atoms with E-state index in [0.29, 0.717) is 11.1 Å². The minimum Gasteiger partial charge on any atom is -0.484 e. The summed E-state index contributed by atoms with van der Waals surface area (Å²) in [6.45, 7) is 3.58. The quantitative estimate of drug-likeness (QED) is 0.401. The van der Waals surface area contributed by atoms with Crippen molar-refractivity contribution < 1.29 is 14.3 Å². The number of carbonyl (C=O) groups is 2. The van der Waals surface area contributed by atoms with Crippen LogP contribution in [0.2, 0.25) is 0 Å². The zero-order valence-electron chi connectivity index (χ0n) is 18.0. The van der Waals surface area contributed by atoms with Gasteiger partial charge in [-0.1, -0.05) is 23.7 Å². The smallest absolute Gasteiger partial charge is 0.318 e. The van der Waals surface area contributed by atoms with Crippen molar-refractivity contribution in [2.75, 3.05) is 11.9 Å². The molecule has 4 N–H and O–H groups in total. The number of urea groups is 1. The van der Waals surface area contributed by atoms with E-state index in [4.69, 9.17) is 10.5 Å². The van der Waals surface area contributed by atoms with E-state index in [1.165, 1.54) is 11.5 Å². The molecule has 0 saturated heterocycles. The van der Waals surface area contributed by atoms with Crippen LogP contribution in [0.25, 0.3) is 15.8 Å². The molecule has 3 amide bonds. The van der Waals surface area contributed by atoms with Crippen molar-refractivity contribution in [1.82, 2.24) is 9.27 Å². The molecule has 0 fully saturated rings. The molecule has 3 aromatic carbocycles. The summed E-state index contributed by atoms with van der Waals surface area (Å²) >= 11 is 1.43. The van der Waals surface area contributed by atoms with Gasteiger partial charge in [-0.05, 0) is 73.5 Å². The Hall–Kier alpha value is -4.11. The number of amides is 3. The first kappa shape index (κ1) is 22.1. The van der Waals surface area contributed by atoms with Crippen LogP contribution in [0.5, 0.6) is 5.75 Å². The van der Waals surface area contributed by atoms with Crippen molar-refractivity contribution in [3.05, 3.63) is 82.1 Å². The number of carbonyl (C=O) groups excluding carboxylic acids is 2. The number of imide groups is 1. The molecular formula is C24H22N4O4S. The van der Waals surface area contributed by atoms with Gasteiger partial charge in [0.15, 0.2) is 6.61 Å². The Labute approximate surface area is 193 Å². The normalized spacial score (nSPS) is 10.7. The van der Waals surface area contributed by atoms with Crippen LogP contribution in [0, 0.1) is 13.8 Å². The zero-order valence-corrected chi connectivity index (χ0v) is 18.9. The molecule has 0 bridgehead atoms. The third kappa shape index (κ3) is 4.88. The molecule has 8 nitrogen and oxygen atoms in total. The summed E-state index contributed by atoms with van der Waals surface area (Å²) in [5.74, 6) is -0.121. The Bertz CT molecular complexity index is 1420. The molecule has 0 aliphatic heterocycles. The number of aryl methyl sites for hydroxylation is 2. The predicted octanol–water partition coefficient (Wildman–Crippen LogP) is 3.99. The van der Waals surface area contributed by atoms with Crippen LogP contribution < -0.4 is 26.7 Å². The first-order valence-corrected chi connectivity index (χ1v) is 10.9. The number of nitrogens with zero attached hydrogens (tertiary/aromatic N) is 1. The van der Waals surface area contributed by atoms with Gasteiger partial charge in [0.05, 0.1) is 15.8 Å². The van der Waals surface area contributed by atoms with Crippen molar-refractivity contribution in [2.24, 2.45) is 5.73 Å². The number of rotatable bonds is 6. The Morgan fingerprint density at radius 2 is 1.70 bits per heavy atom. The van der Waals surface area contributed by atoms with Crippen LogP contribution in [-0.2, 0) is 4.79 Å². The largest absolute Gasteiger partial charge is 0.484 e. The first-order valence-electron chi connectivity index (χ1n) is 10.1. The maximum absolute atomic E-state index is 12.7. The van der Waals surface area contributed by atoms with Gasteiger partial charge >= 0.3 is 6.03 Å². The third-order valence-corrected chi connectivity index (χ3v) is 6.15. The molecule has 0 spiro atoms. The molecule has 0 aliphatic rings. The van der Waals surface area contributed by atoms with Crippen molar-refractivity contribution in [3.8, 4) is 11.4 Å². The second-order valence-corrected chi connectivity index (χ2v) is 8.48. The molecule has 168 valence electrons. The van der Waals surface area contributed by atoms with Crippen LogP contribution >= 0.6 is 11.5 Å². The number of aromatic nitrogens is 1. The Morgan fingerprint density at radius 3 is 2.36 bits per heavy atom. The molecule has 0 unspecified atom stereocenters. The van der Waals surface area contributed by atoms with Gasteiger partial charge in [-0.2, -0.15) is 0 Å². The van der Waals surface area contributed by atoms with Gasteiger partial charge in [0, 0.05) is 11.4 Å². The monoisotopic (exact) mass is 462 g/mol. The number of nitrogens with two attached hydrogens (primary N) is 1. The highest BCUT2D eigenvalue weighted by Gasteiger charge is 2.11. The lowest BCUT2D eigenvalue weighted by Gasteiger charge is -2.14. The van der Waals surface area contributed by atoms with Gasteiger partial charge in [0.1, 0.15) is 5.75 Å². The maximum atomic E-state index is 12.7. The summed E-state index contributed by atoms with van der Waals surface area (Å²) in [7, 11) is 0. The van der Waals surface area contributed by atoms with Gasteiger partial charge in [-0.3, -0.25) is 14.9 Å². The fourth-order valence-corrected chi connectivity index (χ4v) is 4.38. The van der Waals surface area contributed by atoms with E-state index in [2.05, 4.69) is 5.32 Å². The van der Waals surface area contributed by atoms with Crippen LogP contribution in [-0.4, -0.2) is 22.5 Å². The summed E-state index contributed by atoms with van der Waals surface area (Å²) < 4.78 is 8.05. The minimum atomic E-state index is -0.919. The first-order chi connectivity index (χ1) is 15.8. The summed E-state index contributed by atoms with van der Waals surface area (Å²) in [4.78, 5) is 34.9. The van der Waals surface area contributed by atoms with E-state index in [9.17, 15) is 14.4 Å². The Balaban J connectivity index is 1.50. The van der Waals surface area contributed by atoms with Crippen molar-refractivity contribution >= 4 is 44.9 Å². The second-order valence-electron chi connectivity index (χ2n) is 7.49. The third-order valence-electron chi connectivity index (χ3n) is 5.04. The Morgan fingerprint density at radius 1 is 1.00 bits per heavy atom. The number of benzene rings is 3. The molecule has 1 aromatic heterocycles. The summed E-state index contributed by atoms with van der Waals surface area (Å²) in [5, 5.41) is 6.06. The van der Waals surface area contributed by atoms with Gasteiger partial charge in [-0.15, -0.1) is 0 Å². The molecule has 0 saturated carbocycles. The molecule has 0 atom stereocenters. The molecule has 4 rings (SSSR count). The van der Waals surface area contributed by atoms with Gasteiger partial charge in [0.25, 0.3) is 11.5 Å². The van der Waals surface area contributed by atoms with Crippen LogP contribution in [0.15, 0.2) is 65.5 Å². The number of anilines is 2. The van der Waals surface area contributed by atoms with Crippen LogP contribution in [0.4, 0.5) is 16.2 Å². The highest BCUT2D eigenvalue weighted by atomic mass is 32.1. The number of hydrogen-bond acceptors (Lipinski definition) is 6. The molecule has 4 aromatic rings. The highest BCUT2D eigenvalue weighted by molar-refractivity contribution is 7.14. The molecule has 1 heterocycles. The summed E-state index contributed by atoms with van der Waals surface area (Å²) in [5.41, 5.74) is 9.38. The zero-order chi connectivity index (χ0) is 23.5. The fraction of sp³-hybridized carbons (Fsp3) is 0.125. The van der Waals surface area contributed by atoms with E-state index in [1.54, 1.807) is 16.1 Å². The maximum Gasteiger partial charge on any atom is 0.318 e. The number of fused-ring (bicyclic) bond motifs is 1. The van der Waals surface area contributed by atoms with E-state index in [0.717, 1.165) is 32.9 Å². The standard InChI is InChI=1S/C24H22N4O4S/c1-14-11-16(28-23(30)18-5-3-4-6-21(18)33-28)7-9-19(14)26-20-10-8-17(12-15(20)2)32-13-22(29)27-24(25)31/h3-12,26H,13H2,1-2H3,(H3,25,27,29,31). The van der Waals surface area contributed by atoms with Gasteiger partial charge in [0.2, 0.25) is 0 Å². The molecule has 9 heteroatoms. The van der Waals surface area contributed by atoms with Crippen molar-refractivity contribution in [2.45, 2.75) is 13.8 Å². The van der Waals surface area contributed by atoms with Crippen molar-refractivity contribution in [1.29, 1.82) is 0 Å². The van der Waals surface area contributed by atoms with Crippen LogP contribution in [0.3, 0.4) is 0 Å². The van der Waals surface area contributed by atoms with E-state index in [1.807, 2.05) is 67.7 Å². The van der Waals surface area contributed by atoms with E-state index in [-0.39, 0.29) is 12.2 Å². The lowest BCUT2D eigenvalue weighted by atomic mass is 10.1.